The largest absolute Gasteiger partial charge is 0.453 e. The second kappa shape index (κ2) is 10.3. The molecule has 1 heterocycles. The van der Waals surface area contributed by atoms with E-state index >= 15 is 0 Å². The lowest BCUT2D eigenvalue weighted by molar-refractivity contribution is 0.00505. The Morgan fingerprint density at radius 3 is 2.13 bits per heavy atom. The van der Waals surface area contributed by atoms with Gasteiger partial charge >= 0.3 is 5.97 Å². The van der Waals surface area contributed by atoms with E-state index in [9.17, 15) is 9.18 Å². The molecule has 0 bridgehead atoms. The van der Waals surface area contributed by atoms with Crippen LogP contribution in [-0.4, -0.2) is 43.7 Å². The van der Waals surface area contributed by atoms with Crippen LogP contribution in [0, 0.1) is 5.82 Å². The van der Waals surface area contributed by atoms with Crippen LogP contribution in [0.3, 0.4) is 0 Å². The molecule has 1 fully saturated rings. The van der Waals surface area contributed by atoms with Crippen molar-refractivity contribution in [2.45, 2.75) is 12.0 Å². The first kappa shape index (κ1) is 21.2. The van der Waals surface area contributed by atoms with Gasteiger partial charge < -0.3 is 9.47 Å². The van der Waals surface area contributed by atoms with Gasteiger partial charge in [-0.05, 0) is 35.4 Å². The highest BCUT2D eigenvalue weighted by Gasteiger charge is 2.31. The van der Waals surface area contributed by atoms with Gasteiger partial charge in [0.25, 0.3) is 0 Å². The maximum atomic E-state index is 13.6. The maximum absolute atomic E-state index is 13.6. The molecule has 31 heavy (non-hydrogen) atoms. The van der Waals surface area contributed by atoms with E-state index in [1.165, 1.54) is 12.1 Å². The van der Waals surface area contributed by atoms with Crippen molar-refractivity contribution in [2.75, 3.05) is 32.8 Å². The number of ether oxygens (including phenoxy) is 2. The molecule has 0 N–H and O–H groups in total. The van der Waals surface area contributed by atoms with E-state index in [-0.39, 0.29) is 11.7 Å². The van der Waals surface area contributed by atoms with Gasteiger partial charge in [-0.15, -0.1) is 0 Å². The number of benzene rings is 3. The molecule has 4 rings (SSSR count). The summed E-state index contributed by atoms with van der Waals surface area (Å²) in [4.78, 5) is 15.3. The van der Waals surface area contributed by atoms with Crippen LogP contribution in [0.1, 0.15) is 33.5 Å². The fourth-order valence-electron chi connectivity index (χ4n) is 3.93. The van der Waals surface area contributed by atoms with Crippen molar-refractivity contribution in [2.24, 2.45) is 0 Å². The van der Waals surface area contributed by atoms with Crippen molar-refractivity contribution < 1.29 is 18.7 Å². The molecule has 1 aliphatic heterocycles. The minimum atomic E-state index is -0.557. The molecule has 0 spiro atoms. The molecule has 1 saturated heterocycles. The topological polar surface area (TPSA) is 38.8 Å². The average molecular weight is 419 g/mol. The maximum Gasteiger partial charge on any atom is 0.338 e. The smallest absolute Gasteiger partial charge is 0.338 e. The number of nitrogens with zero attached hydrogens (tertiary/aromatic N) is 1. The zero-order chi connectivity index (χ0) is 21.5. The lowest BCUT2D eigenvalue weighted by atomic mass is 9.88. The Kier molecular flexibility index (Phi) is 7.07. The van der Waals surface area contributed by atoms with Gasteiger partial charge in [0.2, 0.25) is 0 Å². The summed E-state index contributed by atoms with van der Waals surface area (Å²) in [6, 6.07) is 25.2. The van der Waals surface area contributed by atoms with E-state index in [4.69, 9.17) is 9.47 Å². The molecule has 160 valence electrons. The van der Waals surface area contributed by atoms with Crippen molar-refractivity contribution in [1.82, 2.24) is 4.90 Å². The summed E-state index contributed by atoms with van der Waals surface area (Å²) in [7, 11) is 0. The van der Waals surface area contributed by atoms with Crippen LogP contribution in [0.5, 0.6) is 0 Å². The van der Waals surface area contributed by atoms with Crippen molar-refractivity contribution in [3.05, 3.63) is 107 Å². The number of halogens is 1. The van der Waals surface area contributed by atoms with E-state index in [2.05, 4.69) is 17.0 Å². The van der Waals surface area contributed by atoms with Gasteiger partial charge in [0, 0.05) is 25.6 Å². The Labute approximate surface area is 182 Å². The second-order valence-corrected chi connectivity index (χ2v) is 7.67. The van der Waals surface area contributed by atoms with Crippen LogP contribution < -0.4 is 0 Å². The molecule has 0 amide bonds. The molecule has 2 atom stereocenters. The molecule has 2 unspecified atom stereocenters. The summed E-state index contributed by atoms with van der Waals surface area (Å²) in [5.41, 5.74) is 2.34. The first-order valence-electron chi connectivity index (χ1n) is 10.6. The summed E-state index contributed by atoms with van der Waals surface area (Å²) in [6.45, 7) is 3.73. The zero-order valence-corrected chi connectivity index (χ0v) is 17.3. The van der Waals surface area contributed by atoms with Crippen molar-refractivity contribution in [3.8, 4) is 0 Å². The van der Waals surface area contributed by atoms with Crippen LogP contribution in [0.25, 0.3) is 0 Å². The van der Waals surface area contributed by atoms with Gasteiger partial charge in [0.1, 0.15) is 11.9 Å². The number of carbonyl (C=O) groups is 1. The van der Waals surface area contributed by atoms with Crippen LogP contribution in [0.2, 0.25) is 0 Å². The Hall–Kier alpha value is -3.02. The van der Waals surface area contributed by atoms with Gasteiger partial charge in [0.15, 0.2) is 0 Å². The van der Waals surface area contributed by atoms with Gasteiger partial charge in [-0.1, -0.05) is 60.7 Å². The third kappa shape index (κ3) is 5.57. The van der Waals surface area contributed by atoms with E-state index in [0.29, 0.717) is 25.3 Å². The molecular weight excluding hydrogens is 393 g/mol. The molecule has 0 radical (unpaired) electrons. The summed E-state index contributed by atoms with van der Waals surface area (Å²) in [5.74, 6) is -0.823. The average Bonchev–Trinajstić information content (AvgIpc) is 2.83. The minimum absolute atomic E-state index is 0.113. The van der Waals surface area contributed by atoms with Gasteiger partial charge in [-0.3, -0.25) is 4.90 Å². The summed E-state index contributed by atoms with van der Waals surface area (Å²) >= 11 is 0. The van der Waals surface area contributed by atoms with E-state index in [0.717, 1.165) is 24.2 Å². The van der Waals surface area contributed by atoms with Gasteiger partial charge in [-0.2, -0.15) is 0 Å². The number of rotatable bonds is 7. The summed E-state index contributed by atoms with van der Waals surface area (Å²) in [5, 5.41) is 0. The first-order valence-corrected chi connectivity index (χ1v) is 10.6. The van der Waals surface area contributed by atoms with Crippen LogP contribution in [-0.2, 0) is 9.47 Å². The number of carbonyl (C=O) groups excluding carboxylic acids is 1. The van der Waals surface area contributed by atoms with Gasteiger partial charge in [0.05, 0.1) is 18.8 Å². The molecule has 3 aromatic rings. The van der Waals surface area contributed by atoms with Crippen molar-refractivity contribution in [3.63, 3.8) is 0 Å². The molecular formula is C26H26FNO3. The summed E-state index contributed by atoms with van der Waals surface area (Å²) in [6.07, 6.45) is -0.557. The van der Waals surface area contributed by atoms with E-state index in [1.54, 1.807) is 24.3 Å². The normalized spacial score (nSPS) is 16.4. The Balaban J connectivity index is 1.69. The lowest BCUT2D eigenvalue weighted by Gasteiger charge is -2.34. The van der Waals surface area contributed by atoms with E-state index in [1.807, 2.05) is 36.4 Å². The molecule has 5 heteroatoms. The monoisotopic (exact) mass is 419 g/mol. The van der Waals surface area contributed by atoms with Crippen molar-refractivity contribution >= 4 is 5.97 Å². The standard InChI is InChI=1S/C26H26FNO3/c27-23-13-11-21(12-14-23)25(31-26(29)22-9-5-2-6-10-22)24(20-7-3-1-4-8-20)19-28-15-17-30-18-16-28/h1-14,24-25H,15-19H2. The van der Waals surface area contributed by atoms with Crippen LogP contribution >= 0.6 is 0 Å². The van der Waals surface area contributed by atoms with Crippen LogP contribution in [0.4, 0.5) is 4.39 Å². The number of hydrogen-bond acceptors (Lipinski definition) is 4. The predicted octanol–water partition coefficient (Wildman–Crippen LogP) is 4.84. The number of hydrogen-bond donors (Lipinski definition) is 0. The molecule has 3 aromatic carbocycles. The Morgan fingerprint density at radius 2 is 1.48 bits per heavy atom. The molecule has 0 aliphatic carbocycles. The quantitative estimate of drug-likeness (QED) is 0.514. The minimum Gasteiger partial charge on any atom is -0.453 e. The SMILES string of the molecule is O=C(OC(c1ccc(F)cc1)C(CN1CCOCC1)c1ccccc1)c1ccccc1. The van der Waals surface area contributed by atoms with Crippen LogP contribution in [0.15, 0.2) is 84.9 Å². The molecule has 4 nitrogen and oxygen atoms in total. The lowest BCUT2D eigenvalue weighted by Crippen LogP contribution is -2.40. The Bertz CT molecular complexity index is 957. The highest BCUT2D eigenvalue weighted by molar-refractivity contribution is 5.89. The second-order valence-electron chi connectivity index (χ2n) is 7.67. The van der Waals surface area contributed by atoms with Gasteiger partial charge in [-0.25, -0.2) is 9.18 Å². The number of esters is 1. The fourth-order valence-corrected chi connectivity index (χ4v) is 3.93. The van der Waals surface area contributed by atoms with Crippen molar-refractivity contribution in [1.29, 1.82) is 0 Å². The third-order valence-electron chi connectivity index (χ3n) is 5.59. The predicted molar refractivity (Wildman–Crippen MR) is 117 cm³/mol. The summed E-state index contributed by atoms with van der Waals surface area (Å²) < 4.78 is 25.2. The number of morpholine rings is 1. The fraction of sp³-hybridized carbons (Fsp3) is 0.269. The first-order chi connectivity index (χ1) is 15.2. The molecule has 0 saturated carbocycles. The Morgan fingerprint density at radius 1 is 0.871 bits per heavy atom. The highest BCUT2D eigenvalue weighted by Crippen LogP contribution is 2.36. The zero-order valence-electron chi connectivity index (χ0n) is 17.3. The highest BCUT2D eigenvalue weighted by atomic mass is 19.1. The molecule has 0 aromatic heterocycles. The molecule has 1 aliphatic rings. The third-order valence-corrected chi connectivity index (χ3v) is 5.59. The van der Waals surface area contributed by atoms with E-state index < -0.39 is 12.1 Å².